The largest absolute Gasteiger partial charge is 0.383 e. The van der Waals surface area contributed by atoms with Crippen LogP contribution >= 0.6 is 0 Å². The highest BCUT2D eigenvalue weighted by molar-refractivity contribution is 5.81. The Labute approximate surface area is 121 Å². The van der Waals surface area contributed by atoms with E-state index >= 15 is 0 Å². The molecule has 1 atom stereocenters. The highest BCUT2D eigenvalue weighted by Crippen LogP contribution is 1.83. The molecule has 0 aromatic heterocycles. The minimum Gasteiger partial charge on any atom is -0.383 e. The maximum atomic E-state index is 11.6. The second-order valence-corrected chi connectivity index (χ2v) is 4.18. The molecule has 20 heavy (non-hydrogen) atoms. The summed E-state index contributed by atoms with van der Waals surface area (Å²) >= 11 is 0. The molecule has 7 nitrogen and oxygen atoms in total. The standard InChI is InChI=1S/C13H28N2O5/c1-12(13(16)15-4-6-17-2)14-5-7-19-10-11-20-9-8-18-3/h12,14H,4-11H2,1-3H3,(H,15,16). The summed E-state index contributed by atoms with van der Waals surface area (Å²) in [6.45, 7) is 6.29. The maximum Gasteiger partial charge on any atom is 0.236 e. The van der Waals surface area contributed by atoms with Crippen molar-refractivity contribution >= 4 is 5.91 Å². The van der Waals surface area contributed by atoms with Gasteiger partial charge in [-0.1, -0.05) is 0 Å². The zero-order valence-corrected chi connectivity index (χ0v) is 12.8. The van der Waals surface area contributed by atoms with Gasteiger partial charge in [-0.2, -0.15) is 0 Å². The molecule has 0 aromatic carbocycles. The Morgan fingerprint density at radius 1 is 0.900 bits per heavy atom. The van der Waals surface area contributed by atoms with Crippen LogP contribution in [0.2, 0.25) is 0 Å². The van der Waals surface area contributed by atoms with Crippen LogP contribution in [0.1, 0.15) is 6.92 Å². The van der Waals surface area contributed by atoms with E-state index in [4.69, 9.17) is 18.9 Å². The van der Waals surface area contributed by atoms with E-state index in [1.165, 1.54) is 0 Å². The lowest BCUT2D eigenvalue weighted by atomic mass is 10.3. The van der Waals surface area contributed by atoms with Crippen molar-refractivity contribution < 1.29 is 23.7 Å². The maximum absolute atomic E-state index is 11.6. The number of methoxy groups -OCH3 is 2. The van der Waals surface area contributed by atoms with Crippen LogP contribution in [-0.4, -0.2) is 78.9 Å². The van der Waals surface area contributed by atoms with Gasteiger partial charge >= 0.3 is 0 Å². The third kappa shape index (κ3) is 12.3. The fourth-order valence-electron chi connectivity index (χ4n) is 1.33. The fraction of sp³-hybridized carbons (Fsp3) is 0.923. The Bertz CT molecular complexity index is 229. The average molecular weight is 292 g/mol. The fourth-order valence-corrected chi connectivity index (χ4v) is 1.33. The number of amides is 1. The molecule has 0 aliphatic carbocycles. The summed E-state index contributed by atoms with van der Waals surface area (Å²) in [5.41, 5.74) is 0. The Kier molecular flexibility index (Phi) is 14.1. The number of hydrogen-bond acceptors (Lipinski definition) is 6. The van der Waals surface area contributed by atoms with Gasteiger partial charge in [-0.05, 0) is 6.92 Å². The highest BCUT2D eigenvalue weighted by atomic mass is 16.5. The molecular weight excluding hydrogens is 264 g/mol. The minimum absolute atomic E-state index is 0.0371. The monoisotopic (exact) mass is 292 g/mol. The van der Waals surface area contributed by atoms with Crippen LogP contribution in [0, 0.1) is 0 Å². The Morgan fingerprint density at radius 2 is 1.50 bits per heavy atom. The van der Waals surface area contributed by atoms with Crippen molar-refractivity contribution in [1.82, 2.24) is 10.6 Å². The molecular formula is C13H28N2O5. The van der Waals surface area contributed by atoms with Crippen molar-refractivity contribution in [3.05, 3.63) is 0 Å². The number of hydrogen-bond donors (Lipinski definition) is 2. The molecule has 0 spiro atoms. The van der Waals surface area contributed by atoms with Crippen LogP contribution < -0.4 is 10.6 Å². The predicted octanol–water partition coefficient (Wildman–Crippen LogP) is -0.593. The lowest BCUT2D eigenvalue weighted by molar-refractivity contribution is -0.123. The van der Waals surface area contributed by atoms with Crippen LogP contribution in [0.5, 0.6) is 0 Å². The van der Waals surface area contributed by atoms with Gasteiger partial charge in [-0.3, -0.25) is 4.79 Å². The van der Waals surface area contributed by atoms with E-state index in [-0.39, 0.29) is 11.9 Å². The molecule has 7 heteroatoms. The van der Waals surface area contributed by atoms with E-state index in [0.717, 1.165) is 0 Å². The molecule has 1 unspecified atom stereocenters. The van der Waals surface area contributed by atoms with Gasteiger partial charge < -0.3 is 29.6 Å². The molecule has 0 saturated heterocycles. The van der Waals surface area contributed by atoms with Crippen molar-refractivity contribution in [3.63, 3.8) is 0 Å². The summed E-state index contributed by atoms with van der Waals surface area (Å²) in [6.07, 6.45) is 0. The van der Waals surface area contributed by atoms with Gasteiger partial charge in [-0.25, -0.2) is 0 Å². The summed E-state index contributed by atoms with van der Waals surface area (Å²) in [5.74, 6) is -0.0371. The molecule has 0 radical (unpaired) electrons. The molecule has 0 aliphatic rings. The van der Waals surface area contributed by atoms with Gasteiger partial charge in [0.05, 0.1) is 45.7 Å². The smallest absolute Gasteiger partial charge is 0.236 e. The highest BCUT2D eigenvalue weighted by Gasteiger charge is 2.10. The van der Waals surface area contributed by atoms with Crippen LogP contribution in [0.4, 0.5) is 0 Å². The second-order valence-electron chi connectivity index (χ2n) is 4.18. The molecule has 0 aliphatic heterocycles. The van der Waals surface area contributed by atoms with Gasteiger partial charge in [0.2, 0.25) is 5.91 Å². The van der Waals surface area contributed by atoms with Gasteiger partial charge in [0.15, 0.2) is 0 Å². The van der Waals surface area contributed by atoms with Crippen molar-refractivity contribution in [2.45, 2.75) is 13.0 Å². The van der Waals surface area contributed by atoms with Crippen molar-refractivity contribution in [3.8, 4) is 0 Å². The third-order valence-corrected chi connectivity index (χ3v) is 2.50. The van der Waals surface area contributed by atoms with E-state index in [9.17, 15) is 4.79 Å². The summed E-state index contributed by atoms with van der Waals surface area (Å²) in [4.78, 5) is 11.6. The topological polar surface area (TPSA) is 78.1 Å². The first-order valence-electron chi connectivity index (χ1n) is 6.86. The van der Waals surface area contributed by atoms with E-state index in [1.807, 2.05) is 6.92 Å². The van der Waals surface area contributed by atoms with E-state index < -0.39 is 0 Å². The zero-order valence-electron chi connectivity index (χ0n) is 12.8. The Hall–Kier alpha value is -0.730. The molecule has 0 aromatic rings. The minimum atomic E-state index is -0.242. The number of carbonyl (C=O) groups excluding carboxylic acids is 1. The first kappa shape index (κ1) is 19.3. The lowest BCUT2D eigenvalue weighted by Gasteiger charge is -2.14. The summed E-state index contributed by atoms with van der Waals surface area (Å²) in [6, 6.07) is -0.242. The van der Waals surface area contributed by atoms with Crippen LogP contribution in [0.15, 0.2) is 0 Å². The van der Waals surface area contributed by atoms with Crippen molar-refractivity contribution in [2.24, 2.45) is 0 Å². The number of carbonyl (C=O) groups is 1. The molecule has 120 valence electrons. The quantitative estimate of drug-likeness (QED) is 0.417. The van der Waals surface area contributed by atoms with Crippen molar-refractivity contribution in [1.29, 1.82) is 0 Å². The van der Waals surface area contributed by atoms with E-state index in [0.29, 0.717) is 52.7 Å². The van der Waals surface area contributed by atoms with Gasteiger partial charge in [-0.15, -0.1) is 0 Å². The molecule has 0 rings (SSSR count). The third-order valence-electron chi connectivity index (χ3n) is 2.50. The molecule has 0 bridgehead atoms. The molecule has 0 fully saturated rings. The molecule has 0 saturated carbocycles. The molecule has 1 amide bonds. The molecule has 0 heterocycles. The predicted molar refractivity (Wildman–Crippen MR) is 75.9 cm³/mol. The second kappa shape index (κ2) is 14.7. The SMILES string of the molecule is COCCNC(=O)C(C)NCCOCCOCCOC. The van der Waals surface area contributed by atoms with Gasteiger partial charge in [0, 0.05) is 27.3 Å². The molecule has 2 N–H and O–H groups in total. The van der Waals surface area contributed by atoms with E-state index in [2.05, 4.69) is 10.6 Å². The normalized spacial score (nSPS) is 12.3. The summed E-state index contributed by atoms with van der Waals surface area (Å²) in [5, 5.41) is 5.85. The van der Waals surface area contributed by atoms with Crippen LogP contribution in [0.25, 0.3) is 0 Å². The number of rotatable bonds is 14. The first-order valence-corrected chi connectivity index (χ1v) is 6.86. The first-order chi connectivity index (χ1) is 9.72. The van der Waals surface area contributed by atoms with E-state index in [1.54, 1.807) is 14.2 Å². The lowest BCUT2D eigenvalue weighted by Crippen LogP contribution is -2.44. The van der Waals surface area contributed by atoms with Crippen LogP contribution in [-0.2, 0) is 23.7 Å². The Morgan fingerprint density at radius 3 is 2.15 bits per heavy atom. The number of ether oxygens (including phenoxy) is 4. The van der Waals surface area contributed by atoms with Gasteiger partial charge in [0.1, 0.15) is 0 Å². The van der Waals surface area contributed by atoms with Gasteiger partial charge in [0.25, 0.3) is 0 Å². The zero-order chi connectivity index (χ0) is 15.1. The summed E-state index contributed by atoms with van der Waals surface area (Å²) in [7, 11) is 3.24. The number of nitrogens with one attached hydrogen (secondary N) is 2. The summed E-state index contributed by atoms with van der Waals surface area (Å²) < 4.78 is 20.3. The Balaban J connectivity index is 3.30. The van der Waals surface area contributed by atoms with Crippen LogP contribution in [0.3, 0.4) is 0 Å². The van der Waals surface area contributed by atoms with Crippen molar-refractivity contribution in [2.75, 3.05) is 67.0 Å². The average Bonchev–Trinajstić information content (AvgIpc) is 2.45.